The van der Waals surface area contributed by atoms with Gasteiger partial charge in [0, 0.05) is 24.0 Å². The second-order valence-electron chi connectivity index (χ2n) is 5.89. The standard InChI is InChI=1S/C17H18F2N4O3S/c1-10(12-4-2-3-5-13(12)26-15(18)19)21-14(24)8-11-9-27-17(22-11)23-7-6-20-16(23)25/h2-5,9-10,15H,6-8H2,1H3,(H,20,25)(H,21,24)/t10-/m1/s1. The maximum Gasteiger partial charge on any atom is 0.387 e. The number of urea groups is 1. The van der Waals surface area contributed by atoms with E-state index >= 15 is 0 Å². The van der Waals surface area contributed by atoms with Crippen molar-refractivity contribution >= 4 is 28.4 Å². The summed E-state index contributed by atoms with van der Waals surface area (Å²) >= 11 is 1.29. The van der Waals surface area contributed by atoms with E-state index in [2.05, 4.69) is 20.4 Å². The third-order valence-corrected chi connectivity index (χ3v) is 4.86. The van der Waals surface area contributed by atoms with Gasteiger partial charge >= 0.3 is 12.6 Å². The molecule has 3 amide bonds. The minimum absolute atomic E-state index is 0.0220. The van der Waals surface area contributed by atoms with Gasteiger partial charge < -0.3 is 15.4 Å². The van der Waals surface area contributed by atoms with Gasteiger partial charge in [-0.3, -0.25) is 9.69 Å². The molecule has 1 aromatic carbocycles. The lowest BCUT2D eigenvalue weighted by molar-refractivity contribution is -0.121. The summed E-state index contributed by atoms with van der Waals surface area (Å²) in [4.78, 5) is 29.8. The smallest absolute Gasteiger partial charge is 0.387 e. The summed E-state index contributed by atoms with van der Waals surface area (Å²) in [6.45, 7) is -0.153. The lowest BCUT2D eigenvalue weighted by Crippen LogP contribution is -2.29. The van der Waals surface area contributed by atoms with Crippen LogP contribution < -0.4 is 20.3 Å². The van der Waals surface area contributed by atoms with Crippen LogP contribution in [-0.2, 0) is 11.2 Å². The summed E-state index contributed by atoms with van der Waals surface area (Å²) in [6, 6.07) is 5.60. The Hall–Kier alpha value is -2.75. The van der Waals surface area contributed by atoms with Crippen LogP contribution in [0.3, 0.4) is 0 Å². The Labute approximate surface area is 158 Å². The van der Waals surface area contributed by atoms with Gasteiger partial charge in [0.15, 0.2) is 5.13 Å². The topological polar surface area (TPSA) is 83.6 Å². The highest BCUT2D eigenvalue weighted by Crippen LogP contribution is 2.27. The molecule has 0 aliphatic carbocycles. The van der Waals surface area contributed by atoms with Gasteiger partial charge in [-0.2, -0.15) is 8.78 Å². The van der Waals surface area contributed by atoms with Gasteiger partial charge in [-0.25, -0.2) is 9.78 Å². The van der Waals surface area contributed by atoms with Crippen molar-refractivity contribution in [1.82, 2.24) is 15.6 Å². The summed E-state index contributed by atoms with van der Waals surface area (Å²) in [7, 11) is 0. The van der Waals surface area contributed by atoms with Crippen molar-refractivity contribution in [2.24, 2.45) is 0 Å². The fraction of sp³-hybridized carbons (Fsp3) is 0.353. The predicted octanol–water partition coefficient (Wildman–Crippen LogP) is 2.69. The van der Waals surface area contributed by atoms with Crippen LogP contribution in [0.15, 0.2) is 29.6 Å². The predicted molar refractivity (Wildman–Crippen MR) is 96.2 cm³/mol. The highest BCUT2D eigenvalue weighted by Gasteiger charge is 2.24. The first-order valence-corrected chi connectivity index (χ1v) is 9.15. The van der Waals surface area contributed by atoms with Gasteiger partial charge in [0.05, 0.1) is 18.2 Å². The molecular weight excluding hydrogens is 378 g/mol. The van der Waals surface area contributed by atoms with E-state index in [1.165, 1.54) is 22.3 Å². The molecule has 1 aliphatic heterocycles. The molecule has 0 unspecified atom stereocenters. The minimum atomic E-state index is -2.94. The Morgan fingerprint density at radius 2 is 2.22 bits per heavy atom. The number of alkyl halides is 2. The monoisotopic (exact) mass is 396 g/mol. The average Bonchev–Trinajstić information content (AvgIpc) is 3.23. The van der Waals surface area contributed by atoms with E-state index in [1.807, 2.05) is 0 Å². The summed E-state index contributed by atoms with van der Waals surface area (Å²) in [5.74, 6) is -0.284. The Morgan fingerprint density at radius 3 is 2.93 bits per heavy atom. The van der Waals surface area contributed by atoms with E-state index < -0.39 is 12.7 Å². The number of halogens is 2. The van der Waals surface area contributed by atoms with E-state index in [0.717, 1.165) is 0 Å². The lowest BCUT2D eigenvalue weighted by Gasteiger charge is -2.17. The molecule has 2 heterocycles. The quantitative estimate of drug-likeness (QED) is 0.754. The first-order chi connectivity index (χ1) is 12.9. The number of hydrogen-bond donors (Lipinski definition) is 2. The largest absolute Gasteiger partial charge is 0.434 e. The van der Waals surface area contributed by atoms with Crippen LogP contribution in [0.4, 0.5) is 18.7 Å². The van der Waals surface area contributed by atoms with Crippen LogP contribution in [0.5, 0.6) is 5.75 Å². The maximum absolute atomic E-state index is 12.5. The molecule has 0 saturated carbocycles. The first kappa shape index (κ1) is 19.0. The molecule has 7 nitrogen and oxygen atoms in total. The van der Waals surface area contributed by atoms with Crippen molar-refractivity contribution in [2.75, 3.05) is 18.0 Å². The van der Waals surface area contributed by atoms with Gasteiger partial charge in [0.25, 0.3) is 0 Å². The van der Waals surface area contributed by atoms with Crippen LogP contribution in [-0.4, -0.2) is 36.6 Å². The number of thiazole rings is 1. The first-order valence-electron chi connectivity index (χ1n) is 8.27. The molecule has 10 heteroatoms. The van der Waals surface area contributed by atoms with Crippen LogP contribution in [0.2, 0.25) is 0 Å². The van der Waals surface area contributed by atoms with Crippen molar-refractivity contribution in [3.63, 3.8) is 0 Å². The average molecular weight is 396 g/mol. The number of amides is 3. The van der Waals surface area contributed by atoms with Gasteiger partial charge in [-0.15, -0.1) is 11.3 Å². The zero-order chi connectivity index (χ0) is 19.4. The Balaban J connectivity index is 1.61. The molecule has 0 radical (unpaired) electrons. The Morgan fingerprint density at radius 1 is 1.44 bits per heavy atom. The molecular formula is C17H18F2N4O3S. The second-order valence-corrected chi connectivity index (χ2v) is 6.72. The van der Waals surface area contributed by atoms with Crippen molar-refractivity contribution in [2.45, 2.75) is 26.0 Å². The Kier molecular flexibility index (Phi) is 5.84. The van der Waals surface area contributed by atoms with E-state index in [-0.39, 0.29) is 24.1 Å². The fourth-order valence-electron chi connectivity index (χ4n) is 2.73. The van der Waals surface area contributed by atoms with Crippen molar-refractivity contribution in [3.05, 3.63) is 40.9 Å². The molecule has 0 spiro atoms. The molecule has 0 bridgehead atoms. The van der Waals surface area contributed by atoms with E-state index in [1.54, 1.807) is 30.5 Å². The number of aromatic nitrogens is 1. The molecule has 1 aliphatic rings. The molecule has 27 heavy (non-hydrogen) atoms. The highest BCUT2D eigenvalue weighted by atomic mass is 32.1. The lowest BCUT2D eigenvalue weighted by atomic mass is 10.1. The molecule has 3 rings (SSSR count). The fourth-order valence-corrected chi connectivity index (χ4v) is 3.58. The summed E-state index contributed by atoms with van der Waals surface area (Å²) in [6.07, 6.45) is 0.0220. The third-order valence-electron chi connectivity index (χ3n) is 3.95. The molecule has 2 N–H and O–H groups in total. The van der Waals surface area contributed by atoms with E-state index in [9.17, 15) is 18.4 Å². The number of nitrogens with zero attached hydrogens (tertiary/aromatic N) is 2. The minimum Gasteiger partial charge on any atom is -0.434 e. The number of para-hydroxylation sites is 1. The number of carbonyl (C=O) groups is 2. The zero-order valence-electron chi connectivity index (χ0n) is 14.4. The van der Waals surface area contributed by atoms with Gasteiger partial charge in [0.2, 0.25) is 5.91 Å². The van der Waals surface area contributed by atoms with Crippen molar-refractivity contribution < 1.29 is 23.1 Å². The zero-order valence-corrected chi connectivity index (χ0v) is 15.3. The SMILES string of the molecule is C[C@@H](NC(=O)Cc1csc(N2CCNC2=O)n1)c1ccccc1OC(F)F. The third kappa shape index (κ3) is 4.70. The normalized spacial score (nSPS) is 15.0. The number of rotatable bonds is 7. The maximum atomic E-state index is 12.5. The number of nitrogens with one attached hydrogen (secondary N) is 2. The van der Waals surface area contributed by atoms with Gasteiger partial charge in [-0.05, 0) is 13.0 Å². The van der Waals surface area contributed by atoms with Crippen LogP contribution in [0, 0.1) is 0 Å². The molecule has 1 aromatic heterocycles. The summed E-state index contributed by atoms with van der Waals surface area (Å²) in [5.41, 5.74) is 0.996. The molecule has 1 fully saturated rings. The van der Waals surface area contributed by atoms with Crippen LogP contribution >= 0.6 is 11.3 Å². The van der Waals surface area contributed by atoms with E-state index in [0.29, 0.717) is 29.5 Å². The van der Waals surface area contributed by atoms with Crippen molar-refractivity contribution in [1.29, 1.82) is 0 Å². The summed E-state index contributed by atoms with van der Waals surface area (Å²) < 4.78 is 29.5. The van der Waals surface area contributed by atoms with E-state index in [4.69, 9.17) is 0 Å². The molecule has 1 saturated heterocycles. The van der Waals surface area contributed by atoms with Crippen molar-refractivity contribution in [3.8, 4) is 5.75 Å². The number of ether oxygens (including phenoxy) is 1. The number of anilines is 1. The number of hydrogen-bond acceptors (Lipinski definition) is 5. The van der Waals surface area contributed by atoms with Crippen LogP contribution in [0.25, 0.3) is 0 Å². The van der Waals surface area contributed by atoms with Gasteiger partial charge in [0.1, 0.15) is 5.75 Å². The van der Waals surface area contributed by atoms with Crippen LogP contribution in [0.1, 0.15) is 24.2 Å². The molecule has 2 aromatic rings. The number of carbonyl (C=O) groups excluding carboxylic acids is 2. The highest BCUT2D eigenvalue weighted by molar-refractivity contribution is 7.14. The second kappa shape index (κ2) is 8.30. The molecule has 144 valence electrons. The summed E-state index contributed by atoms with van der Waals surface area (Å²) in [5, 5.41) is 7.70. The number of benzene rings is 1. The Bertz CT molecular complexity index is 830. The van der Waals surface area contributed by atoms with Gasteiger partial charge in [-0.1, -0.05) is 18.2 Å². The molecule has 1 atom stereocenters.